The predicted octanol–water partition coefficient (Wildman–Crippen LogP) is 3.49. The van der Waals surface area contributed by atoms with E-state index in [1.165, 1.54) is 6.07 Å². The van der Waals surface area contributed by atoms with E-state index in [4.69, 9.17) is 9.84 Å². The first-order valence-electron chi connectivity index (χ1n) is 4.91. The Morgan fingerprint density at radius 2 is 2.25 bits per heavy atom. The van der Waals surface area contributed by atoms with Crippen molar-refractivity contribution in [2.45, 2.75) is 12.8 Å². The molecule has 0 saturated carbocycles. The smallest absolute Gasteiger partial charge is 0.335 e. The van der Waals surface area contributed by atoms with Gasteiger partial charge in [0, 0.05) is 4.47 Å². The van der Waals surface area contributed by atoms with Gasteiger partial charge in [0.25, 0.3) is 0 Å². The van der Waals surface area contributed by atoms with Gasteiger partial charge in [0.1, 0.15) is 5.75 Å². The minimum absolute atomic E-state index is 0.216. The van der Waals surface area contributed by atoms with Crippen LogP contribution in [0.15, 0.2) is 35.3 Å². The number of aromatic carboxylic acids is 1. The van der Waals surface area contributed by atoms with Crippen molar-refractivity contribution < 1.29 is 14.6 Å². The van der Waals surface area contributed by atoms with Crippen molar-refractivity contribution in [3.05, 3.63) is 40.9 Å². The van der Waals surface area contributed by atoms with Crippen LogP contribution in [-0.4, -0.2) is 17.7 Å². The first kappa shape index (κ1) is 12.8. The number of unbranched alkanes of at least 4 members (excludes halogenated alkanes) is 1. The molecule has 0 atom stereocenters. The third-order valence-electron chi connectivity index (χ3n) is 1.94. The average molecular weight is 285 g/mol. The summed E-state index contributed by atoms with van der Waals surface area (Å²) in [6, 6.07) is 4.81. The highest BCUT2D eigenvalue weighted by Gasteiger charge is 2.06. The Labute approximate surface area is 103 Å². The van der Waals surface area contributed by atoms with Gasteiger partial charge >= 0.3 is 5.97 Å². The molecule has 3 nitrogen and oxygen atoms in total. The Morgan fingerprint density at radius 3 is 2.88 bits per heavy atom. The normalized spacial score (nSPS) is 9.81. The van der Waals surface area contributed by atoms with Crippen LogP contribution in [0.25, 0.3) is 0 Å². The summed E-state index contributed by atoms with van der Waals surface area (Å²) in [5.41, 5.74) is 0.216. The van der Waals surface area contributed by atoms with Crippen LogP contribution >= 0.6 is 15.9 Å². The zero-order chi connectivity index (χ0) is 12.0. The van der Waals surface area contributed by atoms with E-state index >= 15 is 0 Å². The highest BCUT2D eigenvalue weighted by Crippen LogP contribution is 2.21. The molecule has 1 aromatic rings. The minimum Gasteiger partial charge on any atom is -0.494 e. The number of hydrogen-bond acceptors (Lipinski definition) is 2. The van der Waals surface area contributed by atoms with Gasteiger partial charge in [-0.2, -0.15) is 0 Å². The van der Waals surface area contributed by atoms with Crippen LogP contribution in [-0.2, 0) is 0 Å². The molecule has 0 aliphatic heterocycles. The summed E-state index contributed by atoms with van der Waals surface area (Å²) in [5, 5.41) is 8.85. The Hall–Kier alpha value is -1.29. The molecule has 4 heteroatoms. The predicted molar refractivity (Wildman–Crippen MR) is 66.0 cm³/mol. The van der Waals surface area contributed by atoms with Crippen molar-refractivity contribution in [1.29, 1.82) is 0 Å². The molecule has 0 heterocycles. The summed E-state index contributed by atoms with van der Waals surface area (Å²) in [4.78, 5) is 10.8. The van der Waals surface area contributed by atoms with Gasteiger partial charge in [-0.15, -0.1) is 6.58 Å². The second-order valence-electron chi connectivity index (χ2n) is 3.26. The van der Waals surface area contributed by atoms with E-state index in [0.717, 1.165) is 12.8 Å². The Bertz CT molecular complexity index is 388. The number of carboxylic acids is 1. The average Bonchev–Trinajstić information content (AvgIpc) is 2.23. The molecule has 0 aliphatic rings. The van der Waals surface area contributed by atoms with Gasteiger partial charge in [0.15, 0.2) is 0 Å². The zero-order valence-electron chi connectivity index (χ0n) is 8.78. The molecule has 0 saturated heterocycles. The van der Waals surface area contributed by atoms with Crippen LogP contribution in [0.2, 0.25) is 0 Å². The summed E-state index contributed by atoms with van der Waals surface area (Å²) in [7, 11) is 0. The lowest BCUT2D eigenvalue weighted by Crippen LogP contribution is -2.00. The van der Waals surface area contributed by atoms with E-state index in [1.54, 1.807) is 12.1 Å². The number of carbonyl (C=O) groups is 1. The number of allylic oxidation sites excluding steroid dienone is 1. The van der Waals surface area contributed by atoms with Gasteiger partial charge in [-0.3, -0.25) is 0 Å². The minimum atomic E-state index is -0.961. The van der Waals surface area contributed by atoms with Crippen molar-refractivity contribution in [2.24, 2.45) is 0 Å². The topological polar surface area (TPSA) is 46.5 Å². The highest BCUT2D eigenvalue weighted by molar-refractivity contribution is 9.10. The number of halogens is 1. The maximum absolute atomic E-state index is 10.8. The van der Waals surface area contributed by atoms with Gasteiger partial charge < -0.3 is 9.84 Å². The molecule has 0 aliphatic carbocycles. The fourth-order valence-corrected chi connectivity index (χ4v) is 1.66. The maximum atomic E-state index is 10.8. The SMILES string of the molecule is C=CCCCOc1cc(Br)cc(C(=O)O)c1. The fourth-order valence-electron chi connectivity index (χ4n) is 1.19. The van der Waals surface area contributed by atoms with E-state index in [1.807, 2.05) is 6.08 Å². The van der Waals surface area contributed by atoms with E-state index in [9.17, 15) is 4.79 Å². The zero-order valence-corrected chi connectivity index (χ0v) is 10.4. The summed E-state index contributed by atoms with van der Waals surface area (Å²) < 4.78 is 6.14. The van der Waals surface area contributed by atoms with Gasteiger partial charge in [-0.1, -0.05) is 22.0 Å². The van der Waals surface area contributed by atoms with Crippen LogP contribution in [0.1, 0.15) is 23.2 Å². The lowest BCUT2D eigenvalue weighted by atomic mass is 10.2. The Balaban J connectivity index is 2.65. The highest BCUT2D eigenvalue weighted by atomic mass is 79.9. The first-order chi connectivity index (χ1) is 7.63. The molecule has 16 heavy (non-hydrogen) atoms. The van der Waals surface area contributed by atoms with Crippen molar-refractivity contribution in [2.75, 3.05) is 6.61 Å². The third-order valence-corrected chi connectivity index (χ3v) is 2.40. The lowest BCUT2D eigenvalue weighted by molar-refractivity contribution is 0.0696. The summed E-state index contributed by atoms with van der Waals surface area (Å²) in [6.45, 7) is 4.17. The van der Waals surface area contributed by atoms with Gasteiger partial charge in [-0.05, 0) is 31.0 Å². The molecule has 0 aromatic heterocycles. The van der Waals surface area contributed by atoms with Gasteiger partial charge in [-0.25, -0.2) is 4.79 Å². The van der Waals surface area contributed by atoms with Crippen LogP contribution in [0.4, 0.5) is 0 Å². The maximum Gasteiger partial charge on any atom is 0.335 e. The molecule has 0 spiro atoms. The summed E-state index contributed by atoms with van der Waals surface area (Å²) >= 11 is 3.24. The number of carboxylic acid groups (broad SMARTS) is 1. The number of ether oxygens (including phenoxy) is 1. The summed E-state index contributed by atoms with van der Waals surface area (Å²) in [6.07, 6.45) is 3.59. The van der Waals surface area contributed by atoms with Crippen LogP contribution in [0.5, 0.6) is 5.75 Å². The van der Waals surface area contributed by atoms with Crippen molar-refractivity contribution in [1.82, 2.24) is 0 Å². The fraction of sp³-hybridized carbons (Fsp3) is 0.250. The Morgan fingerprint density at radius 1 is 1.50 bits per heavy atom. The van der Waals surface area contributed by atoms with E-state index in [2.05, 4.69) is 22.5 Å². The number of rotatable bonds is 6. The largest absolute Gasteiger partial charge is 0.494 e. The molecule has 0 unspecified atom stereocenters. The van der Waals surface area contributed by atoms with E-state index < -0.39 is 5.97 Å². The van der Waals surface area contributed by atoms with Crippen molar-refractivity contribution in [3.63, 3.8) is 0 Å². The van der Waals surface area contributed by atoms with Crippen molar-refractivity contribution in [3.8, 4) is 5.75 Å². The molecule has 0 bridgehead atoms. The lowest BCUT2D eigenvalue weighted by Gasteiger charge is -2.06. The number of hydrogen-bond donors (Lipinski definition) is 1. The molecular formula is C12H13BrO3. The van der Waals surface area contributed by atoms with Gasteiger partial charge in [0.2, 0.25) is 0 Å². The van der Waals surface area contributed by atoms with Crippen LogP contribution in [0, 0.1) is 0 Å². The van der Waals surface area contributed by atoms with Crippen LogP contribution in [0.3, 0.4) is 0 Å². The summed E-state index contributed by atoms with van der Waals surface area (Å²) in [5.74, 6) is -0.395. The third kappa shape index (κ3) is 4.06. The molecule has 1 aromatic carbocycles. The molecule has 0 radical (unpaired) electrons. The van der Waals surface area contributed by atoms with Crippen LogP contribution < -0.4 is 4.74 Å². The van der Waals surface area contributed by atoms with E-state index in [-0.39, 0.29) is 5.56 Å². The number of benzene rings is 1. The second kappa shape index (κ2) is 6.33. The van der Waals surface area contributed by atoms with E-state index in [0.29, 0.717) is 16.8 Å². The molecule has 1 rings (SSSR count). The monoisotopic (exact) mass is 284 g/mol. The van der Waals surface area contributed by atoms with Crippen molar-refractivity contribution >= 4 is 21.9 Å². The molecule has 86 valence electrons. The molecule has 0 amide bonds. The van der Waals surface area contributed by atoms with Gasteiger partial charge in [0.05, 0.1) is 12.2 Å². The Kier molecular flexibility index (Phi) is 5.05. The second-order valence-corrected chi connectivity index (χ2v) is 4.18. The quantitative estimate of drug-likeness (QED) is 0.643. The standard InChI is InChI=1S/C12H13BrO3/c1-2-3-4-5-16-11-7-9(12(14)15)6-10(13)8-11/h2,6-8H,1,3-5H2,(H,14,15). The molecule has 1 N–H and O–H groups in total. The first-order valence-corrected chi connectivity index (χ1v) is 5.70. The molecule has 0 fully saturated rings. The molecular weight excluding hydrogens is 272 g/mol.